The van der Waals surface area contributed by atoms with Crippen molar-refractivity contribution in [1.29, 1.82) is 0 Å². The van der Waals surface area contributed by atoms with Crippen LogP contribution >= 0.6 is 11.6 Å². The Labute approximate surface area is 169 Å². The Balaban J connectivity index is 1.68. The lowest BCUT2D eigenvalue weighted by molar-refractivity contribution is 0.405. The van der Waals surface area contributed by atoms with Crippen molar-refractivity contribution in [2.75, 3.05) is 24.4 Å². The van der Waals surface area contributed by atoms with E-state index in [2.05, 4.69) is 51.4 Å². The highest BCUT2D eigenvalue weighted by Crippen LogP contribution is 2.39. The van der Waals surface area contributed by atoms with Crippen LogP contribution in [-0.2, 0) is 6.42 Å². The molecule has 0 fully saturated rings. The molecule has 0 bridgehead atoms. The number of hydrogen-bond donors (Lipinski definition) is 1. The van der Waals surface area contributed by atoms with Crippen LogP contribution in [0.5, 0.6) is 11.5 Å². The predicted octanol–water partition coefficient (Wildman–Crippen LogP) is 4.97. The molecule has 0 amide bonds. The van der Waals surface area contributed by atoms with Gasteiger partial charge in [-0.1, -0.05) is 29.8 Å². The van der Waals surface area contributed by atoms with E-state index in [1.54, 1.807) is 32.7 Å². The second kappa shape index (κ2) is 7.56. The van der Waals surface area contributed by atoms with E-state index in [1.165, 1.54) is 11.3 Å². The average Bonchev–Trinajstić information content (AvgIpc) is 3.04. The zero-order chi connectivity index (χ0) is 19.7. The number of benzene rings is 2. The van der Waals surface area contributed by atoms with Crippen LogP contribution in [0.1, 0.15) is 12.5 Å². The standard InChI is InChI=1S/C21H21ClN4O2/c1-13-8-14-6-4-5-7-17(14)26(13)21-11-20(23-12-24-21)25-16-10-18(27-2)15(22)9-19(16)28-3/h4-7,9-13H,8H2,1-3H3,(H,23,24,25). The van der Waals surface area contributed by atoms with Crippen molar-refractivity contribution in [2.45, 2.75) is 19.4 Å². The fourth-order valence-corrected chi connectivity index (χ4v) is 3.79. The van der Waals surface area contributed by atoms with E-state index in [-0.39, 0.29) is 0 Å². The normalized spacial score (nSPS) is 15.3. The number of nitrogens with zero attached hydrogens (tertiary/aromatic N) is 3. The number of methoxy groups -OCH3 is 2. The maximum Gasteiger partial charge on any atom is 0.144 e. The maximum absolute atomic E-state index is 6.19. The van der Waals surface area contributed by atoms with Crippen molar-refractivity contribution >= 4 is 34.6 Å². The van der Waals surface area contributed by atoms with E-state index in [9.17, 15) is 0 Å². The lowest BCUT2D eigenvalue weighted by Gasteiger charge is -2.24. The van der Waals surface area contributed by atoms with Gasteiger partial charge in [0.25, 0.3) is 0 Å². The van der Waals surface area contributed by atoms with Crippen molar-refractivity contribution in [1.82, 2.24) is 9.97 Å². The number of aromatic nitrogens is 2. The third-order valence-electron chi connectivity index (χ3n) is 4.84. The molecule has 0 aliphatic carbocycles. The van der Waals surface area contributed by atoms with E-state index >= 15 is 0 Å². The van der Waals surface area contributed by atoms with Crippen molar-refractivity contribution < 1.29 is 9.47 Å². The molecule has 1 aliphatic heterocycles. The Kier molecular flexibility index (Phi) is 4.96. The van der Waals surface area contributed by atoms with Gasteiger partial charge in [-0.15, -0.1) is 0 Å². The summed E-state index contributed by atoms with van der Waals surface area (Å²) in [4.78, 5) is 11.1. The molecular formula is C21H21ClN4O2. The molecule has 28 heavy (non-hydrogen) atoms. The van der Waals surface area contributed by atoms with Gasteiger partial charge in [-0.05, 0) is 25.0 Å². The molecule has 1 aliphatic rings. The van der Waals surface area contributed by atoms with Crippen LogP contribution in [0.15, 0.2) is 48.8 Å². The highest BCUT2D eigenvalue weighted by Gasteiger charge is 2.27. The predicted molar refractivity (Wildman–Crippen MR) is 112 cm³/mol. The summed E-state index contributed by atoms with van der Waals surface area (Å²) in [6.45, 7) is 2.20. The molecule has 6 nitrogen and oxygen atoms in total. The third kappa shape index (κ3) is 3.31. The highest BCUT2D eigenvalue weighted by atomic mass is 35.5. The summed E-state index contributed by atoms with van der Waals surface area (Å²) >= 11 is 6.19. The molecule has 1 N–H and O–H groups in total. The van der Waals surface area contributed by atoms with Gasteiger partial charge in [0.15, 0.2) is 0 Å². The van der Waals surface area contributed by atoms with Crippen molar-refractivity contribution in [3.05, 3.63) is 59.4 Å². The zero-order valence-corrected chi connectivity index (χ0v) is 16.7. The smallest absolute Gasteiger partial charge is 0.144 e. The third-order valence-corrected chi connectivity index (χ3v) is 5.14. The number of fused-ring (bicyclic) bond motifs is 1. The van der Waals surface area contributed by atoms with E-state index in [4.69, 9.17) is 21.1 Å². The second-order valence-electron chi connectivity index (χ2n) is 6.63. The number of para-hydroxylation sites is 1. The number of anilines is 4. The highest BCUT2D eigenvalue weighted by molar-refractivity contribution is 6.32. The minimum Gasteiger partial charge on any atom is -0.495 e. The lowest BCUT2D eigenvalue weighted by Crippen LogP contribution is -2.24. The maximum atomic E-state index is 6.19. The Hall–Kier alpha value is -2.99. The largest absolute Gasteiger partial charge is 0.495 e. The summed E-state index contributed by atoms with van der Waals surface area (Å²) in [7, 11) is 3.17. The van der Waals surface area contributed by atoms with Crippen LogP contribution in [-0.4, -0.2) is 30.2 Å². The van der Waals surface area contributed by atoms with Crippen molar-refractivity contribution in [2.24, 2.45) is 0 Å². The first-order valence-electron chi connectivity index (χ1n) is 8.98. The molecule has 0 saturated heterocycles. The van der Waals surface area contributed by atoms with E-state index in [1.807, 2.05) is 6.07 Å². The zero-order valence-electron chi connectivity index (χ0n) is 15.9. The Morgan fingerprint density at radius 1 is 1.07 bits per heavy atom. The van der Waals surface area contributed by atoms with Gasteiger partial charge in [-0.25, -0.2) is 9.97 Å². The summed E-state index contributed by atoms with van der Waals surface area (Å²) in [6, 6.07) is 14.2. The van der Waals surface area contributed by atoms with Crippen LogP contribution in [0.25, 0.3) is 0 Å². The molecule has 2 heterocycles. The molecule has 0 spiro atoms. The SMILES string of the molecule is COc1cc(Nc2cc(N3c4ccccc4CC3C)ncn2)c(OC)cc1Cl. The van der Waals surface area contributed by atoms with Gasteiger partial charge in [-0.3, -0.25) is 0 Å². The van der Waals surface area contributed by atoms with Crippen LogP contribution in [0.4, 0.5) is 23.0 Å². The van der Waals surface area contributed by atoms with Crippen molar-refractivity contribution in [3.8, 4) is 11.5 Å². The molecule has 1 aromatic heterocycles. The van der Waals surface area contributed by atoms with Gasteiger partial charge in [0, 0.05) is 29.9 Å². The summed E-state index contributed by atoms with van der Waals surface area (Å²) in [5.74, 6) is 2.66. The minimum absolute atomic E-state index is 0.324. The van der Waals surface area contributed by atoms with Gasteiger partial charge in [0.2, 0.25) is 0 Å². The number of rotatable bonds is 5. The molecule has 144 valence electrons. The Bertz CT molecular complexity index is 1010. The molecular weight excluding hydrogens is 376 g/mol. The monoisotopic (exact) mass is 396 g/mol. The minimum atomic E-state index is 0.324. The molecule has 2 aromatic carbocycles. The molecule has 7 heteroatoms. The number of hydrogen-bond acceptors (Lipinski definition) is 6. The molecule has 0 saturated carbocycles. The molecule has 3 aromatic rings. The quantitative estimate of drug-likeness (QED) is 0.656. The van der Waals surface area contributed by atoms with E-state index in [0.29, 0.717) is 34.1 Å². The fraction of sp³-hybridized carbons (Fsp3) is 0.238. The van der Waals surface area contributed by atoms with Gasteiger partial charge < -0.3 is 19.7 Å². The van der Waals surface area contributed by atoms with Gasteiger partial charge in [0.05, 0.1) is 24.9 Å². The summed E-state index contributed by atoms with van der Waals surface area (Å²) in [5.41, 5.74) is 3.22. The molecule has 4 rings (SSSR count). The van der Waals surface area contributed by atoms with Crippen LogP contribution in [0.3, 0.4) is 0 Å². The van der Waals surface area contributed by atoms with Gasteiger partial charge >= 0.3 is 0 Å². The molecule has 0 radical (unpaired) electrons. The summed E-state index contributed by atoms with van der Waals surface area (Å²) < 4.78 is 10.7. The number of nitrogens with one attached hydrogen (secondary N) is 1. The molecule has 1 atom stereocenters. The van der Waals surface area contributed by atoms with Crippen molar-refractivity contribution in [3.63, 3.8) is 0 Å². The second-order valence-corrected chi connectivity index (χ2v) is 7.03. The van der Waals surface area contributed by atoms with Gasteiger partial charge in [0.1, 0.15) is 29.5 Å². The topological polar surface area (TPSA) is 59.5 Å². The Morgan fingerprint density at radius 2 is 1.86 bits per heavy atom. The first-order chi connectivity index (χ1) is 13.6. The van der Waals surface area contributed by atoms with Gasteiger partial charge in [-0.2, -0.15) is 0 Å². The van der Waals surface area contributed by atoms with E-state index in [0.717, 1.165) is 12.2 Å². The lowest BCUT2D eigenvalue weighted by atomic mass is 10.1. The van der Waals surface area contributed by atoms with E-state index < -0.39 is 0 Å². The molecule has 1 unspecified atom stereocenters. The first-order valence-corrected chi connectivity index (χ1v) is 9.36. The van der Waals surface area contributed by atoms with Crippen LogP contribution < -0.4 is 19.7 Å². The Morgan fingerprint density at radius 3 is 2.64 bits per heavy atom. The fourth-order valence-electron chi connectivity index (χ4n) is 3.56. The average molecular weight is 397 g/mol. The number of ether oxygens (including phenoxy) is 2. The van der Waals surface area contributed by atoms with Crippen LogP contribution in [0.2, 0.25) is 5.02 Å². The summed E-state index contributed by atoms with van der Waals surface area (Å²) in [5, 5.41) is 3.77. The first kappa shape index (κ1) is 18.4. The number of halogens is 1. The van der Waals surface area contributed by atoms with Crippen LogP contribution in [0, 0.1) is 0 Å². The summed E-state index contributed by atoms with van der Waals surface area (Å²) in [6.07, 6.45) is 2.55.